The zero-order chi connectivity index (χ0) is 25.4. The molecular weight excluding hydrogens is 448 g/mol. The Morgan fingerprint density at radius 2 is 1.44 bits per heavy atom. The van der Waals surface area contributed by atoms with Crippen LogP contribution in [0.3, 0.4) is 0 Å². The van der Waals surface area contributed by atoms with Crippen LogP contribution in [0, 0.1) is 17.8 Å². The van der Waals surface area contributed by atoms with E-state index in [4.69, 9.17) is 14.2 Å². The topological polar surface area (TPSA) is 44.8 Å². The molecule has 0 amide bonds. The molecule has 0 saturated heterocycles. The van der Waals surface area contributed by atoms with Crippen molar-refractivity contribution in [3.63, 3.8) is 0 Å². The first-order chi connectivity index (χ1) is 17.7. The van der Waals surface area contributed by atoms with Crippen molar-refractivity contribution in [1.82, 2.24) is 0 Å². The Hall–Kier alpha value is -1.81. The summed E-state index contributed by atoms with van der Waals surface area (Å²) in [7, 11) is 0. The number of hydrogen-bond donors (Lipinski definition) is 0. The normalized spacial score (nSPS) is 24.2. The molecule has 2 fully saturated rings. The van der Waals surface area contributed by atoms with E-state index in [1.807, 2.05) is 0 Å². The number of hydrogen-bond acceptors (Lipinski definition) is 4. The summed E-state index contributed by atoms with van der Waals surface area (Å²) in [6, 6.07) is 9.01. The van der Waals surface area contributed by atoms with Gasteiger partial charge in [-0.1, -0.05) is 44.9 Å². The first-order valence-corrected chi connectivity index (χ1v) is 14.8. The fourth-order valence-electron chi connectivity index (χ4n) is 5.95. The Bertz CT molecular complexity index is 727. The number of carbonyl (C=O) groups is 1. The van der Waals surface area contributed by atoms with Gasteiger partial charge in [-0.25, -0.2) is 4.79 Å². The van der Waals surface area contributed by atoms with Crippen LogP contribution in [0.25, 0.3) is 0 Å². The largest absolute Gasteiger partial charge is 0.493 e. The molecule has 0 radical (unpaired) electrons. The summed E-state index contributed by atoms with van der Waals surface area (Å²) in [6.07, 6.45) is 18.7. The van der Waals surface area contributed by atoms with Crippen LogP contribution < -0.4 is 4.74 Å². The maximum absolute atomic E-state index is 11.0. The summed E-state index contributed by atoms with van der Waals surface area (Å²) < 4.78 is 17.1. The van der Waals surface area contributed by atoms with Crippen LogP contribution in [0.5, 0.6) is 5.75 Å². The molecule has 36 heavy (non-hydrogen) atoms. The van der Waals surface area contributed by atoms with Crippen molar-refractivity contribution in [1.29, 1.82) is 0 Å². The Labute approximate surface area is 220 Å². The average Bonchev–Trinajstić information content (AvgIpc) is 2.92. The highest BCUT2D eigenvalue weighted by Gasteiger charge is 2.23. The van der Waals surface area contributed by atoms with E-state index >= 15 is 0 Å². The third-order valence-electron chi connectivity index (χ3n) is 8.29. The van der Waals surface area contributed by atoms with Crippen LogP contribution in [0.1, 0.15) is 108 Å². The van der Waals surface area contributed by atoms with Crippen molar-refractivity contribution in [2.75, 3.05) is 26.4 Å². The molecule has 0 unspecified atom stereocenters. The Kier molecular flexibility index (Phi) is 13.5. The second-order valence-electron chi connectivity index (χ2n) is 11.1. The molecule has 2 saturated carbocycles. The third-order valence-corrected chi connectivity index (χ3v) is 8.29. The summed E-state index contributed by atoms with van der Waals surface area (Å²) in [6.45, 7) is 8.78. The molecule has 2 aliphatic carbocycles. The summed E-state index contributed by atoms with van der Waals surface area (Å²) in [5, 5.41) is 0. The van der Waals surface area contributed by atoms with Crippen molar-refractivity contribution in [2.45, 2.75) is 103 Å². The molecule has 0 heterocycles. The van der Waals surface area contributed by atoms with Gasteiger partial charge >= 0.3 is 5.97 Å². The number of unbranched alkanes of at least 4 members (excludes halogenated alkanes) is 3. The number of ether oxygens (including phenoxy) is 3. The van der Waals surface area contributed by atoms with E-state index in [0.29, 0.717) is 18.4 Å². The molecule has 1 aromatic rings. The van der Waals surface area contributed by atoms with Gasteiger partial charge in [0.05, 0.1) is 13.2 Å². The van der Waals surface area contributed by atoms with Gasteiger partial charge in [-0.2, -0.15) is 0 Å². The van der Waals surface area contributed by atoms with Crippen molar-refractivity contribution >= 4 is 5.97 Å². The maximum Gasteiger partial charge on any atom is 0.330 e. The number of rotatable bonds is 16. The first kappa shape index (κ1) is 28.8. The SMILES string of the molecule is C=CC(=O)OCCCCCCOCC1CCC(COc2ccc(C3CCC(CCC)CC3)cc2)CC1. The molecule has 0 atom stereocenters. The van der Waals surface area contributed by atoms with Crippen LogP contribution in [0.15, 0.2) is 36.9 Å². The summed E-state index contributed by atoms with van der Waals surface area (Å²) in [4.78, 5) is 11.0. The molecule has 202 valence electrons. The van der Waals surface area contributed by atoms with Crippen molar-refractivity contribution in [3.8, 4) is 5.75 Å². The van der Waals surface area contributed by atoms with Gasteiger partial charge in [-0.05, 0) is 112 Å². The lowest BCUT2D eigenvalue weighted by Gasteiger charge is -2.29. The fraction of sp³-hybridized carbons (Fsp3) is 0.719. The molecule has 0 spiro atoms. The molecule has 1 aromatic carbocycles. The molecule has 2 aliphatic rings. The summed E-state index contributed by atoms with van der Waals surface area (Å²) >= 11 is 0. The third kappa shape index (κ3) is 10.7. The van der Waals surface area contributed by atoms with E-state index in [9.17, 15) is 4.79 Å². The molecule has 0 aromatic heterocycles. The van der Waals surface area contributed by atoms with Gasteiger partial charge in [-0.15, -0.1) is 0 Å². The average molecular weight is 499 g/mol. The predicted octanol–water partition coefficient (Wildman–Crippen LogP) is 8.25. The smallest absolute Gasteiger partial charge is 0.330 e. The lowest BCUT2D eigenvalue weighted by Crippen LogP contribution is -2.22. The lowest BCUT2D eigenvalue weighted by molar-refractivity contribution is -0.137. The van der Waals surface area contributed by atoms with Crippen LogP contribution >= 0.6 is 0 Å². The van der Waals surface area contributed by atoms with E-state index in [-0.39, 0.29) is 5.97 Å². The van der Waals surface area contributed by atoms with Gasteiger partial charge in [0.15, 0.2) is 0 Å². The minimum Gasteiger partial charge on any atom is -0.493 e. The second kappa shape index (κ2) is 16.8. The van der Waals surface area contributed by atoms with E-state index in [1.165, 1.54) is 75.8 Å². The highest BCUT2D eigenvalue weighted by Crippen LogP contribution is 2.38. The van der Waals surface area contributed by atoms with E-state index in [1.54, 1.807) is 0 Å². The van der Waals surface area contributed by atoms with Gasteiger partial charge in [0, 0.05) is 19.3 Å². The van der Waals surface area contributed by atoms with Crippen LogP contribution in [-0.2, 0) is 14.3 Å². The highest BCUT2D eigenvalue weighted by molar-refractivity contribution is 5.81. The van der Waals surface area contributed by atoms with Gasteiger partial charge in [0.1, 0.15) is 5.75 Å². The molecule has 3 rings (SSSR count). The molecule has 4 heteroatoms. The van der Waals surface area contributed by atoms with Crippen molar-refractivity contribution < 1.29 is 19.0 Å². The molecular formula is C32H50O4. The van der Waals surface area contributed by atoms with E-state index in [0.717, 1.165) is 63.1 Å². The number of esters is 1. The van der Waals surface area contributed by atoms with Crippen LogP contribution in [0.4, 0.5) is 0 Å². The number of benzene rings is 1. The number of carbonyl (C=O) groups excluding carboxylic acids is 1. The molecule has 0 aliphatic heterocycles. The van der Waals surface area contributed by atoms with Crippen molar-refractivity contribution in [2.24, 2.45) is 17.8 Å². The first-order valence-electron chi connectivity index (χ1n) is 14.8. The minimum atomic E-state index is -0.330. The fourth-order valence-corrected chi connectivity index (χ4v) is 5.95. The summed E-state index contributed by atoms with van der Waals surface area (Å²) in [5.74, 6) is 3.79. The Morgan fingerprint density at radius 3 is 2.08 bits per heavy atom. The monoisotopic (exact) mass is 498 g/mol. The van der Waals surface area contributed by atoms with Crippen LogP contribution in [0.2, 0.25) is 0 Å². The van der Waals surface area contributed by atoms with Crippen LogP contribution in [-0.4, -0.2) is 32.4 Å². The summed E-state index contributed by atoms with van der Waals surface area (Å²) in [5.41, 5.74) is 1.51. The van der Waals surface area contributed by atoms with E-state index in [2.05, 4.69) is 37.8 Å². The zero-order valence-electron chi connectivity index (χ0n) is 22.8. The Balaban J connectivity index is 1.19. The minimum absolute atomic E-state index is 0.330. The molecule has 4 nitrogen and oxygen atoms in total. The van der Waals surface area contributed by atoms with Gasteiger partial charge in [0.25, 0.3) is 0 Å². The zero-order valence-corrected chi connectivity index (χ0v) is 22.8. The van der Waals surface area contributed by atoms with Gasteiger partial charge in [0.2, 0.25) is 0 Å². The standard InChI is InChI=1S/C32H50O4/c1-3-9-26-14-16-29(17-15-26)30-18-20-31(21-19-30)36-25-28-12-10-27(11-13-28)24-34-22-7-5-6-8-23-35-32(33)4-2/h4,18-21,26-29H,2-3,5-17,22-25H2,1H3. The van der Waals surface area contributed by atoms with Gasteiger partial charge in [-0.3, -0.25) is 0 Å². The second-order valence-corrected chi connectivity index (χ2v) is 11.1. The maximum atomic E-state index is 11.0. The quantitative estimate of drug-likeness (QED) is 0.131. The molecule has 0 bridgehead atoms. The van der Waals surface area contributed by atoms with E-state index < -0.39 is 0 Å². The van der Waals surface area contributed by atoms with Crippen molar-refractivity contribution in [3.05, 3.63) is 42.5 Å². The Morgan fingerprint density at radius 1 is 0.833 bits per heavy atom. The molecule has 0 N–H and O–H groups in total. The predicted molar refractivity (Wildman–Crippen MR) is 147 cm³/mol. The highest BCUT2D eigenvalue weighted by atomic mass is 16.5. The van der Waals surface area contributed by atoms with Gasteiger partial charge < -0.3 is 14.2 Å². The lowest BCUT2D eigenvalue weighted by atomic mass is 9.77.